The predicted octanol–water partition coefficient (Wildman–Crippen LogP) is 0.740. The molecule has 0 amide bonds. The van der Waals surface area contributed by atoms with Gasteiger partial charge in [-0.1, -0.05) is 30.3 Å². The topological polar surface area (TPSA) is 104 Å². The van der Waals surface area contributed by atoms with Crippen molar-refractivity contribution in [1.82, 2.24) is 0 Å². The Morgan fingerprint density at radius 2 is 1.74 bits per heavy atom. The molecule has 19 heavy (non-hydrogen) atoms. The van der Waals surface area contributed by atoms with E-state index >= 15 is 0 Å². The Morgan fingerprint density at radius 3 is 2.26 bits per heavy atom. The Morgan fingerprint density at radius 1 is 1.11 bits per heavy atom. The van der Waals surface area contributed by atoms with Gasteiger partial charge in [0.1, 0.15) is 0 Å². The van der Waals surface area contributed by atoms with Crippen LogP contribution in [0.3, 0.4) is 0 Å². The summed E-state index contributed by atoms with van der Waals surface area (Å²) in [6.45, 7) is 0.381. The second kappa shape index (κ2) is 7.50. The second-order valence-electron chi connectivity index (χ2n) is 4.05. The van der Waals surface area contributed by atoms with Crippen molar-refractivity contribution < 1.29 is 29.6 Å². The lowest BCUT2D eigenvalue weighted by molar-refractivity contribution is -0.160. The molecule has 0 aliphatic heterocycles. The van der Waals surface area contributed by atoms with Gasteiger partial charge in [-0.15, -0.1) is 0 Å². The maximum atomic E-state index is 10.8. The van der Waals surface area contributed by atoms with Gasteiger partial charge >= 0.3 is 11.9 Å². The molecule has 0 spiro atoms. The molecule has 0 fully saturated rings. The summed E-state index contributed by atoms with van der Waals surface area (Å²) in [5.41, 5.74) is 0.938. The number of aliphatic hydroxyl groups is 1. The van der Waals surface area contributed by atoms with Crippen LogP contribution in [0, 0.1) is 5.92 Å². The van der Waals surface area contributed by atoms with Crippen molar-refractivity contribution in [1.29, 1.82) is 0 Å². The molecule has 0 radical (unpaired) electrons. The fraction of sp³-hybridized carbons (Fsp3) is 0.385. The summed E-state index contributed by atoms with van der Waals surface area (Å²) >= 11 is 0. The van der Waals surface area contributed by atoms with E-state index < -0.39 is 24.0 Å². The van der Waals surface area contributed by atoms with Crippen LogP contribution in [0.1, 0.15) is 12.0 Å². The van der Waals surface area contributed by atoms with E-state index in [1.165, 1.54) is 0 Å². The maximum Gasteiger partial charge on any atom is 0.333 e. The normalized spacial score (nSPS) is 13.7. The number of hydrogen-bond acceptors (Lipinski definition) is 4. The highest BCUT2D eigenvalue weighted by Crippen LogP contribution is 2.11. The zero-order valence-corrected chi connectivity index (χ0v) is 10.2. The van der Waals surface area contributed by atoms with E-state index in [-0.39, 0.29) is 13.0 Å². The van der Waals surface area contributed by atoms with E-state index in [0.717, 1.165) is 5.56 Å². The van der Waals surface area contributed by atoms with E-state index in [1.807, 2.05) is 30.3 Å². The maximum absolute atomic E-state index is 10.8. The largest absolute Gasteiger partial charge is 0.481 e. The van der Waals surface area contributed by atoms with Crippen LogP contribution < -0.4 is 0 Å². The van der Waals surface area contributed by atoms with E-state index in [0.29, 0.717) is 6.61 Å². The fourth-order valence-electron chi connectivity index (χ4n) is 1.56. The standard InChI is InChI=1S/C13H16O6/c14-11(13(17)18)10(12(15)16)6-7-19-8-9-4-2-1-3-5-9/h1-5,10-11,14H,6-8H2,(H,15,16)(H,17,18)/t10-,11+/m1/s1. The molecule has 0 aromatic heterocycles. The zero-order valence-electron chi connectivity index (χ0n) is 10.2. The molecule has 0 bridgehead atoms. The molecular weight excluding hydrogens is 252 g/mol. The first-order valence-electron chi connectivity index (χ1n) is 5.77. The molecule has 1 aromatic carbocycles. The number of benzene rings is 1. The third-order valence-electron chi connectivity index (χ3n) is 2.64. The van der Waals surface area contributed by atoms with Crippen molar-refractivity contribution in [3.8, 4) is 0 Å². The first-order chi connectivity index (χ1) is 9.02. The van der Waals surface area contributed by atoms with E-state index in [1.54, 1.807) is 0 Å². The summed E-state index contributed by atoms with van der Waals surface area (Å²) in [6.07, 6.45) is -1.98. The Labute approximate surface area is 110 Å². The van der Waals surface area contributed by atoms with Crippen LogP contribution in [0.2, 0.25) is 0 Å². The van der Waals surface area contributed by atoms with Gasteiger partial charge in [0.15, 0.2) is 6.10 Å². The molecule has 2 atom stereocenters. The van der Waals surface area contributed by atoms with Crippen molar-refractivity contribution in [2.24, 2.45) is 5.92 Å². The van der Waals surface area contributed by atoms with Gasteiger partial charge in [-0.3, -0.25) is 4.79 Å². The Kier molecular flexibility index (Phi) is 5.98. The average Bonchev–Trinajstić information content (AvgIpc) is 2.38. The molecule has 6 heteroatoms. The molecular formula is C13H16O6. The number of carboxylic acids is 2. The summed E-state index contributed by atoms with van der Waals surface area (Å²) in [6, 6.07) is 9.30. The highest BCUT2D eigenvalue weighted by molar-refractivity contribution is 5.81. The van der Waals surface area contributed by atoms with E-state index in [4.69, 9.17) is 14.9 Å². The van der Waals surface area contributed by atoms with Crippen molar-refractivity contribution in [3.05, 3.63) is 35.9 Å². The second-order valence-corrected chi connectivity index (χ2v) is 4.05. The van der Waals surface area contributed by atoms with Gasteiger partial charge in [-0.25, -0.2) is 4.79 Å². The third-order valence-corrected chi connectivity index (χ3v) is 2.64. The average molecular weight is 268 g/mol. The molecule has 1 aromatic rings. The highest BCUT2D eigenvalue weighted by Gasteiger charge is 2.31. The number of rotatable bonds is 8. The lowest BCUT2D eigenvalue weighted by atomic mass is 9.99. The van der Waals surface area contributed by atoms with E-state index in [2.05, 4.69) is 0 Å². The van der Waals surface area contributed by atoms with E-state index in [9.17, 15) is 14.7 Å². The predicted molar refractivity (Wildman–Crippen MR) is 65.5 cm³/mol. The minimum absolute atomic E-state index is 0.0599. The lowest BCUT2D eigenvalue weighted by Crippen LogP contribution is -2.35. The molecule has 0 aliphatic rings. The molecule has 104 valence electrons. The quantitative estimate of drug-likeness (QED) is 0.601. The number of carbonyl (C=O) groups is 2. The lowest BCUT2D eigenvalue weighted by Gasteiger charge is -2.15. The first-order valence-corrected chi connectivity index (χ1v) is 5.77. The van der Waals surface area contributed by atoms with Gasteiger partial charge < -0.3 is 20.1 Å². The number of hydrogen-bond donors (Lipinski definition) is 3. The van der Waals surface area contributed by atoms with Crippen LogP contribution in [-0.4, -0.2) is 40.0 Å². The number of aliphatic carboxylic acids is 2. The minimum atomic E-state index is -1.92. The molecule has 6 nitrogen and oxygen atoms in total. The number of aliphatic hydroxyl groups excluding tert-OH is 1. The highest BCUT2D eigenvalue weighted by atomic mass is 16.5. The summed E-state index contributed by atoms with van der Waals surface area (Å²) in [5, 5.41) is 26.6. The molecule has 3 N–H and O–H groups in total. The monoisotopic (exact) mass is 268 g/mol. The van der Waals surface area contributed by atoms with Crippen molar-refractivity contribution in [2.45, 2.75) is 19.1 Å². The minimum Gasteiger partial charge on any atom is -0.481 e. The van der Waals surface area contributed by atoms with Crippen LogP contribution in [0.5, 0.6) is 0 Å². The van der Waals surface area contributed by atoms with Crippen LogP contribution in [-0.2, 0) is 20.9 Å². The van der Waals surface area contributed by atoms with Crippen molar-refractivity contribution >= 4 is 11.9 Å². The van der Waals surface area contributed by atoms with Gasteiger partial charge in [0, 0.05) is 6.61 Å². The van der Waals surface area contributed by atoms with Crippen LogP contribution in [0.25, 0.3) is 0 Å². The van der Waals surface area contributed by atoms with Crippen molar-refractivity contribution in [2.75, 3.05) is 6.61 Å². The first kappa shape index (κ1) is 15.1. The summed E-state index contributed by atoms with van der Waals surface area (Å²) < 4.78 is 5.26. The number of carboxylic acid groups (broad SMARTS) is 2. The van der Waals surface area contributed by atoms with Gasteiger partial charge in [-0.05, 0) is 12.0 Å². The third kappa shape index (κ3) is 5.07. The zero-order chi connectivity index (χ0) is 14.3. The Hall–Kier alpha value is -1.92. The number of ether oxygens (including phenoxy) is 1. The molecule has 0 saturated heterocycles. The Bertz CT molecular complexity index is 416. The molecule has 0 aliphatic carbocycles. The van der Waals surface area contributed by atoms with Crippen molar-refractivity contribution in [3.63, 3.8) is 0 Å². The smallest absolute Gasteiger partial charge is 0.333 e. The summed E-state index contributed by atoms with van der Waals surface area (Å²) in [4.78, 5) is 21.4. The fourth-order valence-corrected chi connectivity index (χ4v) is 1.56. The van der Waals surface area contributed by atoms with Crippen LogP contribution in [0.4, 0.5) is 0 Å². The molecule has 0 heterocycles. The van der Waals surface area contributed by atoms with Crippen LogP contribution >= 0.6 is 0 Å². The molecule has 1 rings (SSSR count). The van der Waals surface area contributed by atoms with Gasteiger partial charge in [0.25, 0.3) is 0 Å². The van der Waals surface area contributed by atoms with Gasteiger partial charge in [0.05, 0.1) is 12.5 Å². The summed E-state index contributed by atoms with van der Waals surface area (Å²) in [7, 11) is 0. The van der Waals surface area contributed by atoms with Crippen LogP contribution in [0.15, 0.2) is 30.3 Å². The SMILES string of the molecule is O=C(O)[C@@H](O)[C@@H](CCOCc1ccccc1)C(=O)O. The van der Waals surface area contributed by atoms with Gasteiger partial charge in [0.2, 0.25) is 0 Å². The summed E-state index contributed by atoms with van der Waals surface area (Å²) in [5.74, 6) is -4.26. The molecule has 0 unspecified atom stereocenters. The Balaban J connectivity index is 2.37. The molecule has 0 saturated carbocycles. The van der Waals surface area contributed by atoms with Gasteiger partial charge in [-0.2, -0.15) is 0 Å².